The zero-order chi connectivity index (χ0) is 20.7. The Balaban J connectivity index is 2.05. The average molecular weight is 395 g/mol. The van der Waals surface area contributed by atoms with Crippen LogP contribution in [-0.2, 0) is 4.79 Å². The Morgan fingerprint density at radius 1 is 1.07 bits per heavy atom. The van der Waals surface area contributed by atoms with Gasteiger partial charge < -0.3 is 5.32 Å². The molecule has 0 spiro atoms. The molecule has 0 aliphatic carbocycles. The summed E-state index contributed by atoms with van der Waals surface area (Å²) in [5.41, 5.74) is -4.15. The smallest absolute Gasteiger partial charge is 0.314 e. The van der Waals surface area contributed by atoms with E-state index in [4.69, 9.17) is 0 Å². The van der Waals surface area contributed by atoms with Crippen LogP contribution in [-0.4, -0.2) is 29.7 Å². The predicted octanol–water partition coefficient (Wildman–Crippen LogP) is 2.88. The quantitative estimate of drug-likeness (QED) is 0.620. The van der Waals surface area contributed by atoms with Gasteiger partial charge >= 0.3 is 12.2 Å². The third kappa shape index (κ3) is 2.96. The van der Waals surface area contributed by atoms with Gasteiger partial charge in [0, 0.05) is 5.56 Å². The van der Waals surface area contributed by atoms with E-state index in [1.165, 1.54) is 42.6 Å². The van der Waals surface area contributed by atoms with Gasteiger partial charge in [-0.1, -0.05) is 30.3 Å². The van der Waals surface area contributed by atoms with Gasteiger partial charge in [-0.05, 0) is 30.7 Å². The van der Waals surface area contributed by atoms with Crippen molar-refractivity contribution < 1.29 is 31.9 Å². The van der Waals surface area contributed by atoms with Gasteiger partial charge in [0.15, 0.2) is 0 Å². The van der Waals surface area contributed by atoms with E-state index in [9.17, 15) is 31.9 Å². The highest BCUT2D eigenvalue weighted by atomic mass is 19.4. The van der Waals surface area contributed by atoms with Gasteiger partial charge in [-0.15, -0.1) is 0 Å². The maximum absolute atomic E-state index is 14.0. The summed E-state index contributed by atoms with van der Waals surface area (Å²) in [4.78, 5) is 37.2. The van der Waals surface area contributed by atoms with E-state index in [0.717, 1.165) is 12.1 Å². The summed E-state index contributed by atoms with van der Waals surface area (Å²) < 4.78 is 55.5. The topological polar surface area (TPSA) is 78.5 Å². The summed E-state index contributed by atoms with van der Waals surface area (Å²) in [5.74, 6) is -4.16. The molecule has 3 rings (SSSR count). The molecule has 1 unspecified atom stereocenters. The first kappa shape index (κ1) is 19.3. The van der Waals surface area contributed by atoms with Crippen LogP contribution in [0, 0.1) is 12.7 Å². The Morgan fingerprint density at radius 2 is 1.68 bits per heavy atom. The normalized spacial score (nSPS) is 19.5. The fourth-order valence-electron chi connectivity index (χ4n) is 2.79. The number of alkyl halides is 3. The summed E-state index contributed by atoms with van der Waals surface area (Å²) in [6, 6.07) is 8.61. The van der Waals surface area contributed by atoms with Crippen LogP contribution in [0.25, 0.3) is 0 Å². The van der Waals surface area contributed by atoms with Gasteiger partial charge in [-0.2, -0.15) is 13.2 Å². The standard InChI is InChI=1S/C18H13F4N3O3/c1-10-6-2-3-7-11(10)14(26)23-17(18(20,21)22)15(27)25(16(28)24-17)13-9-5-4-8-12(13)19/h2-9H,1H3,(H,23,26)(H,24,28). The van der Waals surface area contributed by atoms with Gasteiger partial charge in [0.2, 0.25) is 0 Å². The summed E-state index contributed by atoms with van der Waals surface area (Å²) in [5, 5.41) is 3.05. The van der Waals surface area contributed by atoms with E-state index in [0.29, 0.717) is 5.56 Å². The monoisotopic (exact) mass is 395 g/mol. The van der Waals surface area contributed by atoms with Crippen molar-refractivity contribution in [3.8, 4) is 0 Å². The minimum atomic E-state index is -5.39. The lowest BCUT2D eigenvalue weighted by atomic mass is 10.1. The molecule has 6 nitrogen and oxygen atoms in total. The van der Waals surface area contributed by atoms with Crippen molar-refractivity contribution in [1.82, 2.24) is 10.6 Å². The Labute approximate surface area is 156 Å². The molecule has 28 heavy (non-hydrogen) atoms. The van der Waals surface area contributed by atoms with E-state index in [1.807, 2.05) is 0 Å². The number of rotatable bonds is 3. The number of hydrogen-bond acceptors (Lipinski definition) is 3. The molecule has 1 heterocycles. The third-order valence-corrected chi connectivity index (χ3v) is 4.23. The molecule has 1 aliphatic rings. The molecule has 4 amide bonds. The van der Waals surface area contributed by atoms with Gasteiger partial charge in [-0.3, -0.25) is 14.9 Å². The lowest BCUT2D eigenvalue weighted by Crippen LogP contribution is -2.69. The van der Waals surface area contributed by atoms with Crippen molar-refractivity contribution in [3.05, 3.63) is 65.5 Å². The van der Waals surface area contributed by atoms with E-state index in [1.54, 1.807) is 11.4 Å². The second-order valence-corrected chi connectivity index (χ2v) is 6.04. The van der Waals surface area contributed by atoms with Crippen LogP contribution in [0.2, 0.25) is 0 Å². The Kier molecular flexibility index (Phi) is 4.58. The number of urea groups is 1. The van der Waals surface area contributed by atoms with E-state index >= 15 is 0 Å². The minimum absolute atomic E-state index is 0.0148. The number of carbonyl (C=O) groups is 3. The number of aryl methyl sites for hydroxylation is 1. The number of anilines is 1. The molecule has 10 heteroatoms. The van der Waals surface area contributed by atoms with Crippen molar-refractivity contribution >= 4 is 23.5 Å². The van der Waals surface area contributed by atoms with Gasteiger partial charge in [-0.25, -0.2) is 14.1 Å². The molecule has 0 radical (unpaired) electrons. The number of imide groups is 1. The summed E-state index contributed by atoms with van der Waals surface area (Å²) in [7, 11) is 0. The molecule has 146 valence electrons. The lowest BCUT2D eigenvalue weighted by molar-refractivity contribution is -0.197. The highest BCUT2D eigenvalue weighted by Crippen LogP contribution is 2.36. The molecule has 2 aromatic rings. The third-order valence-electron chi connectivity index (χ3n) is 4.23. The molecular formula is C18H13F4N3O3. The van der Waals surface area contributed by atoms with Crippen molar-refractivity contribution in [2.45, 2.75) is 18.8 Å². The number of nitrogens with one attached hydrogen (secondary N) is 2. The number of nitrogens with zero attached hydrogens (tertiary/aromatic N) is 1. The van der Waals surface area contributed by atoms with Gasteiger partial charge in [0.25, 0.3) is 17.5 Å². The summed E-state index contributed by atoms with van der Waals surface area (Å²) in [6.07, 6.45) is -5.39. The zero-order valence-electron chi connectivity index (χ0n) is 14.3. The van der Waals surface area contributed by atoms with Crippen molar-refractivity contribution in [1.29, 1.82) is 0 Å². The second kappa shape index (κ2) is 6.63. The molecule has 1 saturated heterocycles. The highest BCUT2D eigenvalue weighted by Gasteiger charge is 2.69. The zero-order valence-corrected chi connectivity index (χ0v) is 14.3. The molecule has 0 aromatic heterocycles. The van der Waals surface area contributed by atoms with Crippen LogP contribution < -0.4 is 15.5 Å². The predicted molar refractivity (Wildman–Crippen MR) is 89.8 cm³/mol. The fourth-order valence-corrected chi connectivity index (χ4v) is 2.79. The van der Waals surface area contributed by atoms with Gasteiger partial charge in [0.1, 0.15) is 5.82 Å². The van der Waals surface area contributed by atoms with E-state index in [2.05, 4.69) is 0 Å². The van der Waals surface area contributed by atoms with E-state index < -0.39 is 41.2 Å². The van der Waals surface area contributed by atoms with Crippen LogP contribution in [0.4, 0.5) is 28.0 Å². The van der Waals surface area contributed by atoms with Crippen LogP contribution >= 0.6 is 0 Å². The Bertz CT molecular complexity index is 977. The number of carbonyl (C=O) groups excluding carboxylic acids is 3. The average Bonchev–Trinajstić information content (AvgIpc) is 2.87. The number of halogens is 4. The molecule has 0 saturated carbocycles. The molecule has 1 atom stereocenters. The molecule has 2 N–H and O–H groups in total. The first-order chi connectivity index (χ1) is 13.1. The van der Waals surface area contributed by atoms with Crippen molar-refractivity contribution in [2.75, 3.05) is 4.90 Å². The first-order valence-electron chi connectivity index (χ1n) is 7.94. The maximum Gasteiger partial charge on any atom is 0.440 e. The van der Waals surface area contributed by atoms with Crippen LogP contribution in [0.15, 0.2) is 48.5 Å². The second-order valence-electron chi connectivity index (χ2n) is 6.04. The van der Waals surface area contributed by atoms with Crippen molar-refractivity contribution in [2.24, 2.45) is 0 Å². The largest absolute Gasteiger partial charge is 0.440 e. The molecule has 1 fully saturated rings. The van der Waals surface area contributed by atoms with Crippen LogP contribution in [0.1, 0.15) is 15.9 Å². The Morgan fingerprint density at radius 3 is 2.29 bits per heavy atom. The maximum atomic E-state index is 14.0. The summed E-state index contributed by atoms with van der Waals surface area (Å²) in [6.45, 7) is 1.50. The lowest BCUT2D eigenvalue weighted by Gasteiger charge is -2.30. The number of amides is 4. The molecule has 1 aliphatic heterocycles. The Hall–Kier alpha value is -3.43. The fraction of sp³-hybridized carbons (Fsp3) is 0.167. The first-order valence-corrected chi connectivity index (χ1v) is 7.94. The molecular weight excluding hydrogens is 382 g/mol. The molecule has 0 bridgehead atoms. The van der Waals surface area contributed by atoms with E-state index in [-0.39, 0.29) is 10.5 Å². The molecule has 2 aromatic carbocycles. The van der Waals surface area contributed by atoms with Crippen molar-refractivity contribution in [3.63, 3.8) is 0 Å². The van der Waals surface area contributed by atoms with Crippen LogP contribution in [0.5, 0.6) is 0 Å². The summed E-state index contributed by atoms with van der Waals surface area (Å²) >= 11 is 0. The number of hydrogen-bond donors (Lipinski definition) is 2. The SMILES string of the molecule is Cc1ccccc1C(=O)NC1(C(F)(F)F)NC(=O)N(c2ccccc2F)C1=O. The highest BCUT2D eigenvalue weighted by molar-refractivity contribution is 6.24. The minimum Gasteiger partial charge on any atom is -0.314 e. The van der Waals surface area contributed by atoms with Gasteiger partial charge in [0.05, 0.1) is 5.69 Å². The van der Waals surface area contributed by atoms with Crippen LogP contribution in [0.3, 0.4) is 0 Å². The number of para-hydroxylation sites is 1. The number of benzene rings is 2.